The summed E-state index contributed by atoms with van der Waals surface area (Å²) in [4.78, 5) is 6.70. The number of hydrogen-bond donors (Lipinski definition) is 1. The minimum absolute atomic E-state index is 0.558. The zero-order chi connectivity index (χ0) is 9.54. The number of anilines is 2. The maximum absolute atomic E-state index is 5.86. The Morgan fingerprint density at radius 1 is 1.50 bits per heavy atom. The minimum Gasteiger partial charge on any atom is -0.366 e. The van der Waals surface area contributed by atoms with Gasteiger partial charge in [0.1, 0.15) is 5.15 Å². The van der Waals surface area contributed by atoms with Crippen LogP contribution in [0.1, 0.15) is 12.8 Å². The van der Waals surface area contributed by atoms with Crippen molar-refractivity contribution >= 4 is 23.1 Å². The zero-order valence-electron chi connectivity index (χ0n) is 7.83. The highest BCUT2D eigenvalue weighted by molar-refractivity contribution is 6.29. The quantitative estimate of drug-likeness (QED) is 0.664. The lowest BCUT2D eigenvalue weighted by molar-refractivity contribution is 0.516. The van der Waals surface area contributed by atoms with Gasteiger partial charge in [-0.3, -0.25) is 0 Å². The molecule has 3 heterocycles. The van der Waals surface area contributed by atoms with E-state index in [-0.39, 0.29) is 0 Å². The highest BCUT2D eigenvalue weighted by Crippen LogP contribution is 2.33. The van der Waals surface area contributed by atoms with Gasteiger partial charge in [0.25, 0.3) is 0 Å². The van der Waals surface area contributed by atoms with Crippen molar-refractivity contribution in [3.63, 3.8) is 0 Å². The Hall–Kier alpha value is -0.960. The monoisotopic (exact) mass is 209 g/mol. The van der Waals surface area contributed by atoms with Gasteiger partial charge in [0, 0.05) is 19.1 Å². The molecule has 14 heavy (non-hydrogen) atoms. The SMILES string of the molecule is Clc1ccc2c(n1)N[C@@H]1CCCN2C1. The molecule has 3 nitrogen and oxygen atoms in total. The first kappa shape index (κ1) is 8.36. The van der Waals surface area contributed by atoms with Crippen LogP contribution in [0.15, 0.2) is 12.1 Å². The van der Waals surface area contributed by atoms with Crippen molar-refractivity contribution in [1.29, 1.82) is 0 Å². The smallest absolute Gasteiger partial charge is 0.151 e. The molecule has 0 aliphatic carbocycles. The summed E-state index contributed by atoms with van der Waals surface area (Å²) in [6.07, 6.45) is 2.50. The fraction of sp³-hybridized carbons (Fsp3) is 0.500. The predicted molar refractivity (Wildman–Crippen MR) is 58.1 cm³/mol. The number of fused-ring (bicyclic) bond motifs is 4. The van der Waals surface area contributed by atoms with Crippen molar-refractivity contribution in [3.8, 4) is 0 Å². The molecule has 1 saturated heterocycles. The molecule has 2 aliphatic rings. The van der Waals surface area contributed by atoms with E-state index in [1.165, 1.54) is 18.5 Å². The molecule has 4 heteroatoms. The standard InChI is InChI=1S/C10H12ClN3/c11-9-4-3-8-10(13-9)12-7-2-1-5-14(8)6-7/h3-4,7H,1-2,5-6H2,(H,12,13)/t7-/m1/s1. The molecular formula is C10H12ClN3. The van der Waals surface area contributed by atoms with E-state index in [2.05, 4.69) is 21.3 Å². The second-order valence-electron chi connectivity index (χ2n) is 3.93. The van der Waals surface area contributed by atoms with Crippen LogP contribution in [0.5, 0.6) is 0 Å². The van der Waals surface area contributed by atoms with Crippen LogP contribution in [0, 0.1) is 0 Å². The fourth-order valence-electron chi connectivity index (χ4n) is 2.30. The van der Waals surface area contributed by atoms with E-state index >= 15 is 0 Å². The number of piperidine rings is 1. The van der Waals surface area contributed by atoms with Crippen LogP contribution in [0.25, 0.3) is 0 Å². The normalized spacial score (nSPS) is 24.1. The van der Waals surface area contributed by atoms with Crippen LogP contribution in [0.3, 0.4) is 0 Å². The van der Waals surface area contributed by atoms with Crippen molar-refractivity contribution in [1.82, 2.24) is 4.98 Å². The maximum Gasteiger partial charge on any atom is 0.151 e. The Morgan fingerprint density at radius 3 is 3.36 bits per heavy atom. The molecule has 0 saturated carbocycles. The minimum atomic E-state index is 0.558. The third kappa shape index (κ3) is 1.23. The van der Waals surface area contributed by atoms with Gasteiger partial charge in [0.15, 0.2) is 5.82 Å². The molecule has 1 fully saturated rings. The Labute approximate surface area is 88.1 Å². The van der Waals surface area contributed by atoms with Gasteiger partial charge in [0.05, 0.1) is 5.69 Å². The summed E-state index contributed by atoms with van der Waals surface area (Å²) >= 11 is 5.86. The van der Waals surface area contributed by atoms with E-state index in [4.69, 9.17) is 11.6 Å². The molecule has 2 aliphatic heterocycles. The van der Waals surface area contributed by atoms with Crippen molar-refractivity contribution in [2.24, 2.45) is 0 Å². The van der Waals surface area contributed by atoms with E-state index in [0.717, 1.165) is 18.9 Å². The molecule has 0 radical (unpaired) electrons. The molecule has 0 spiro atoms. The van der Waals surface area contributed by atoms with Crippen LogP contribution in [0.4, 0.5) is 11.5 Å². The molecule has 3 rings (SSSR count). The van der Waals surface area contributed by atoms with Crippen molar-refractivity contribution in [2.45, 2.75) is 18.9 Å². The summed E-state index contributed by atoms with van der Waals surface area (Å²) in [5, 5.41) is 4.00. The zero-order valence-corrected chi connectivity index (χ0v) is 8.59. The van der Waals surface area contributed by atoms with Crippen molar-refractivity contribution < 1.29 is 0 Å². The molecular weight excluding hydrogens is 198 g/mol. The van der Waals surface area contributed by atoms with Gasteiger partial charge in [-0.05, 0) is 25.0 Å². The average Bonchev–Trinajstić information content (AvgIpc) is 2.17. The first-order chi connectivity index (χ1) is 6.83. The van der Waals surface area contributed by atoms with Crippen molar-refractivity contribution in [2.75, 3.05) is 23.3 Å². The van der Waals surface area contributed by atoms with E-state index < -0.39 is 0 Å². The van der Waals surface area contributed by atoms with Gasteiger partial charge in [-0.1, -0.05) is 11.6 Å². The maximum atomic E-state index is 5.86. The van der Waals surface area contributed by atoms with Crippen LogP contribution in [0.2, 0.25) is 5.15 Å². The molecule has 1 aromatic heterocycles. The van der Waals surface area contributed by atoms with Crippen LogP contribution in [-0.4, -0.2) is 24.1 Å². The highest BCUT2D eigenvalue weighted by Gasteiger charge is 2.27. The lowest BCUT2D eigenvalue weighted by atomic mass is 10.0. The Balaban J connectivity index is 2.06. The van der Waals surface area contributed by atoms with Crippen LogP contribution >= 0.6 is 11.6 Å². The summed E-state index contributed by atoms with van der Waals surface area (Å²) in [6.45, 7) is 2.25. The van der Waals surface area contributed by atoms with E-state index in [9.17, 15) is 0 Å². The van der Waals surface area contributed by atoms with Gasteiger partial charge in [-0.25, -0.2) is 4.98 Å². The van der Waals surface area contributed by atoms with Crippen LogP contribution in [-0.2, 0) is 0 Å². The number of nitrogens with one attached hydrogen (secondary N) is 1. The van der Waals surface area contributed by atoms with Crippen molar-refractivity contribution in [3.05, 3.63) is 17.3 Å². The predicted octanol–water partition coefficient (Wildman–Crippen LogP) is 2.13. The third-order valence-electron chi connectivity index (χ3n) is 2.94. The largest absolute Gasteiger partial charge is 0.366 e. The molecule has 1 N–H and O–H groups in total. The van der Waals surface area contributed by atoms with E-state index in [1.54, 1.807) is 0 Å². The number of pyridine rings is 1. The lowest BCUT2D eigenvalue weighted by Gasteiger charge is -2.40. The summed E-state index contributed by atoms with van der Waals surface area (Å²) in [5.41, 5.74) is 1.20. The molecule has 2 bridgehead atoms. The first-order valence-corrected chi connectivity index (χ1v) is 5.39. The molecule has 74 valence electrons. The number of nitrogens with zero attached hydrogens (tertiary/aromatic N) is 2. The molecule has 0 aromatic carbocycles. The first-order valence-electron chi connectivity index (χ1n) is 5.01. The topological polar surface area (TPSA) is 28.2 Å². The summed E-state index contributed by atoms with van der Waals surface area (Å²) in [7, 11) is 0. The fourth-order valence-corrected chi connectivity index (χ4v) is 2.44. The van der Waals surface area contributed by atoms with Crippen LogP contribution < -0.4 is 10.2 Å². The summed E-state index contributed by atoms with van der Waals surface area (Å²) < 4.78 is 0. The highest BCUT2D eigenvalue weighted by atomic mass is 35.5. The summed E-state index contributed by atoms with van der Waals surface area (Å²) in [6, 6.07) is 4.47. The molecule has 1 atom stereocenters. The van der Waals surface area contributed by atoms with Gasteiger partial charge in [-0.2, -0.15) is 0 Å². The van der Waals surface area contributed by atoms with E-state index in [0.29, 0.717) is 11.2 Å². The lowest BCUT2D eigenvalue weighted by Crippen LogP contribution is -2.46. The molecule has 0 amide bonds. The number of rotatable bonds is 0. The van der Waals surface area contributed by atoms with Gasteiger partial charge >= 0.3 is 0 Å². The number of halogens is 1. The molecule has 0 unspecified atom stereocenters. The van der Waals surface area contributed by atoms with Gasteiger partial charge < -0.3 is 10.2 Å². The van der Waals surface area contributed by atoms with Gasteiger partial charge in [0.2, 0.25) is 0 Å². The second kappa shape index (κ2) is 3.02. The Bertz CT molecular complexity index is 366. The molecule has 1 aromatic rings. The Morgan fingerprint density at radius 2 is 2.43 bits per heavy atom. The Kier molecular flexibility index (Phi) is 1.80. The average molecular weight is 210 g/mol. The third-order valence-corrected chi connectivity index (χ3v) is 3.15. The number of aromatic nitrogens is 1. The number of hydrogen-bond acceptors (Lipinski definition) is 3. The second-order valence-corrected chi connectivity index (χ2v) is 4.32. The van der Waals surface area contributed by atoms with E-state index in [1.807, 2.05) is 6.07 Å². The summed E-state index contributed by atoms with van der Waals surface area (Å²) in [5.74, 6) is 0.952. The van der Waals surface area contributed by atoms with Gasteiger partial charge in [-0.15, -0.1) is 0 Å².